The molecule has 0 spiro atoms. The fourth-order valence-electron chi connectivity index (χ4n) is 5.19. The van der Waals surface area contributed by atoms with Gasteiger partial charge in [-0.3, -0.25) is 9.88 Å². The lowest BCUT2D eigenvalue weighted by Gasteiger charge is -2.31. The molecule has 0 unspecified atom stereocenters. The van der Waals surface area contributed by atoms with Gasteiger partial charge >= 0.3 is 0 Å². The summed E-state index contributed by atoms with van der Waals surface area (Å²) in [6.07, 6.45) is 3.99. The van der Waals surface area contributed by atoms with Gasteiger partial charge in [-0.1, -0.05) is 6.07 Å². The van der Waals surface area contributed by atoms with E-state index < -0.39 is 11.6 Å². The number of benzene rings is 2. The van der Waals surface area contributed by atoms with E-state index in [0.29, 0.717) is 28.4 Å². The van der Waals surface area contributed by atoms with E-state index in [0.717, 1.165) is 49.1 Å². The Hall–Kier alpha value is -3.80. The van der Waals surface area contributed by atoms with E-state index in [2.05, 4.69) is 20.9 Å². The number of nitriles is 1. The highest BCUT2D eigenvalue weighted by Crippen LogP contribution is 2.39. The summed E-state index contributed by atoms with van der Waals surface area (Å²) in [4.78, 5) is 7.17. The molecule has 3 heterocycles. The molecular weight excluding hydrogens is 472 g/mol. The van der Waals surface area contributed by atoms with Gasteiger partial charge in [0.2, 0.25) is 0 Å². The van der Waals surface area contributed by atoms with Crippen molar-refractivity contribution in [2.45, 2.75) is 25.4 Å². The van der Waals surface area contributed by atoms with Gasteiger partial charge in [0.05, 0.1) is 30.1 Å². The molecule has 8 heteroatoms. The van der Waals surface area contributed by atoms with Crippen molar-refractivity contribution in [3.63, 3.8) is 0 Å². The third-order valence-corrected chi connectivity index (χ3v) is 7.39. The Balaban J connectivity index is 1.65. The zero-order valence-electron chi connectivity index (χ0n) is 21.2. The van der Waals surface area contributed by atoms with Crippen LogP contribution in [-0.4, -0.2) is 47.7 Å². The zero-order valence-corrected chi connectivity index (χ0v) is 21.2. The largest absolute Gasteiger partial charge is 0.494 e. The van der Waals surface area contributed by atoms with E-state index in [-0.39, 0.29) is 11.3 Å². The van der Waals surface area contributed by atoms with Crippen LogP contribution in [0.15, 0.2) is 48.7 Å². The number of hydrogen-bond donors (Lipinski definition) is 1. The van der Waals surface area contributed by atoms with E-state index in [4.69, 9.17) is 9.72 Å². The lowest BCUT2D eigenvalue weighted by atomic mass is 9.95. The molecule has 1 aliphatic heterocycles. The van der Waals surface area contributed by atoms with E-state index in [9.17, 15) is 14.0 Å². The summed E-state index contributed by atoms with van der Waals surface area (Å²) in [5, 5.41) is 13.5. The molecule has 2 aromatic heterocycles. The molecule has 37 heavy (non-hydrogen) atoms. The fourth-order valence-corrected chi connectivity index (χ4v) is 5.19. The number of hydrogen-bond acceptors (Lipinski definition) is 5. The number of fused-ring (bicyclic) bond motifs is 1. The fraction of sp³-hybridized carbons (Fsp3) is 0.310. The van der Waals surface area contributed by atoms with Crippen LogP contribution in [0.1, 0.15) is 24.1 Å². The number of nitrogens with zero attached hydrogens (tertiary/aromatic N) is 4. The molecule has 4 aromatic rings. The summed E-state index contributed by atoms with van der Waals surface area (Å²) >= 11 is 0. The molecule has 2 aromatic carbocycles. The van der Waals surface area contributed by atoms with Gasteiger partial charge in [0.15, 0.2) is 11.6 Å². The molecule has 1 aliphatic rings. The minimum atomic E-state index is -0.604. The molecular formula is C29H29F2N5O. The molecule has 0 bridgehead atoms. The van der Waals surface area contributed by atoms with Crippen LogP contribution in [0.25, 0.3) is 33.3 Å². The third kappa shape index (κ3) is 4.68. The summed E-state index contributed by atoms with van der Waals surface area (Å²) < 4.78 is 36.6. The molecule has 1 N–H and O–H groups in total. The first-order valence-corrected chi connectivity index (χ1v) is 12.3. The van der Waals surface area contributed by atoms with Crippen LogP contribution in [-0.2, 0) is 13.6 Å². The average molecular weight is 502 g/mol. The predicted molar refractivity (Wildman–Crippen MR) is 140 cm³/mol. The average Bonchev–Trinajstić information content (AvgIpc) is 3.23. The normalized spacial score (nSPS) is 14.7. The molecule has 0 amide bonds. The Morgan fingerprint density at radius 1 is 1.08 bits per heavy atom. The van der Waals surface area contributed by atoms with Crippen LogP contribution < -0.4 is 10.1 Å². The van der Waals surface area contributed by atoms with Crippen molar-refractivity contribution in [2.75, 3.05) is 27.2 Å². The van der Waals surface area contributed by atoms with Crippen molar-refractivity contribution in [2.24, 2.45) is 7.05 Å². The maximum atomic E-state index is 14.8. The lowest BCUT2D eigenvalue weighted by Crippen LogP contribution is -2.40. The number of piperidine rings is 1. The maximum Gasteiger partial charge on any atom is 0.165 e. The molecule has 1 saturated heterocycles. The van der Waals surface area contributed by atoms with E-state index in [1.807, 2.05) is 20.2 Å². The molecule has 190 valence electrons. The van der Waals surface area contributed by atoms with Gasteiger partial charge < -0.3 is 14.6 Å². The first-order valence-electron chi connectivity index (χ1n) is 12.3. The number of nitrogens with one attached hydrogen (secondary N) is 1. The molecule has 1 fully saturated rings. The Bertz CT molecular complexity index is 1500. The summed E-state index contributed by atoms with van der Waals surface area (Å²) in [5.41, 5.74) is 4.35. The van der Waals surface area contributed by atoms with Crippen molar-refractivity contribution in [1.82, 2.24) is 19.8 Å². The highest BCUT2D eigenvalue weighted by Gasteiger charge is 2.22. The number of likely N-dealkylation sites (tertiary alicyclic amines) is 1. The van der Waals surface area contributed by atoms with Gasteiger partial charge in [-0.15, -0.1) is 0 Å². The van der Waals surface area contributed by atoms with Crippen LogP contribution in [0.5, 0.6) is 5.75 Å². The summed E-state index contributed by atoms with van der Waals surface area (Å²) in [6, 6.07) is 13.8. The van der Waals surface area contributed by atoms with Crippen molar-refractivity contribution in [3.05, 3.63) is 71.6 Å². The second kappa shape index (κ2) is 10.3. The zero-order chi connectivity index (χ0) is 26.1. The highest BCUT2D eigenvalue weighted by atomic mass is 19.1. The van der Waals surface area contributed by atoms with Gasteiger partial charge in [-0.2, -0.15) is 5.26 Å². The summed E-state index contributed by atoms with van der Waals surface area (Å²) in [7, 11) is 5.44. The number of pyridine rings is 1. The highest BCUT2D eigenvalue weighted by molar-refractivity contribution is 6.02. The van der Waals surface area contributed by atoms with Gasteiger partial charge in [0.1, 0.15) is 11.9 Å². The minimum absolute atomic E-state index is 0.0281. The molecule has 0 saturated carbocycles. The molecule has 0 radical (unpaired) electrons. The van der Waals surface area contributed by atoms with Gasteiger partial charge in [0, 0.05) is 54.9 Å². The number of rotatable bonds is 6. The Morgan fingerprint density at radius 2 is 1.81 bits per heavy atom. The lowest BCUT2D eigenvalue weighted by molar-refractivity contribution is 0.191. The second-order valence-electron chi connectivity index (χ2n) is 9.47. The smallest absolute Gasteiger partial charge is 0.165 e. The van der Waals surface area contributed by atoms with Crippen molar-refractivity contribution in [3.8, 4) is 34.2 Å². The van der Waals surface area contributed by atoms with Crippen molar-refractivity contribution < 1.29 is 13.5 Å². The minimum Gasteiger partial charge on any atom is -0.494 e. The maximum absolute atomic E-state index is 14.8. The van der Waals surface area contributed by atoms with Gasteiger partial charge in [-0.05, 0) is 61.9 Å². The van der Waals surface area contributed by atoms with Gasteiger partial charge in [-0.25, -0.2) is 8.78 Å². The van der Waals surface area contributed by atoms with Gasteiger partial charge in [0.25, 0.3) is 0 Å². The number of halogens is 2. The first kappa shape index (κ1) is 24.9. The van der Waals surface area contributed by atoms with E-state index in [1.54, 1.807) is 24.4 Å². The van der Waals surface area contributed by atoms with E-state index >= 15 is 0 Å². The monoisotopic (exact) mass is 501 g/mol. The molecule has 6 nitrogen and oxygen atoms in total. The standard InChI is InChI=1S/C29H29F2N5O/c1-33-21-8-10-36(11-9-21)17-22-14-23-26(35(22)2)16-34-29(19-6-7-27(37-3)25(31)13-19)28(23)18-4-5-20(15-32)24(30)12-18/h4-7,12-14,16,21,33H,8-11,17H2,1-3H3. The van der Waals surface area contributed by atoms with Crippen molar-refractivity contribution >= 4 is 10.9 Å². The van der Waals surface area contributed by atoms with Crippen LogP contribution in [0, 0.1) is 23.0 Å². The second-order valence-corrected chi connectivity index (χ2v) is 9.47. The van der Waals surface area contributed by atoms with E-state index in [1.165, 1.54) is 25.3 Å². The van der Waals surface area contributed by atoms with Crippen LogP contribution in [0.2, 0.25) is 0 Å². The predicted octanol–water partition coefficient (Wildman–Crippen LogP) is 5.25. The quantitative estimate of drug-likeness (QED) is 0.391. The van der Waals surface area contributed by atoms with Crippen molar-refractivity contribution in [1.29, 1.82) is 5.26 Å². The molecule has 5 rings (SSSR count). The number of methoxy groups -OCH3 is 1. The topological polar surface area (TPSA) is 66.1 Å². The molecule has 0 aliphatic carbocycles. The number of aromatic nitrogens is 2. The SMILES string of the molecule is CNC1CCN(Cc2cc3c(-c4ccc(C#N)c(F)c4)c(-c4ccc(OC)c(F)c4)ncc3n2C)CC1. The Labute approximate surface area is 215 Å². The third-order valence-electron chi connectivity index (χ3n) is 7.39. The number of aryl methyl sites for hydroxylation is 1. The summed E-state index contributed by atoms with van der Waals surface area (Å²) in [5.74, 6) is -0.968. The van der Waals surface area contributed by atoms with Crippen LogP contribution >= 0.6 is 0 Å². The number of ether oxygens (including phenoxy) is 1. The van der Waals surface area contributed by atoms with Crippen LogP contribution in [0.4, 0.5) is 8.78 Å². The Morgan fingerprint density at radius 3 is 2.46 bits per heavy atom. The summed E-state index contributed by atoms with van der Waals surface area (Å²) in [6.45, 7) is 2.81. The first-order chi connectivity index (χ1) is 17.9. The van der Waals surface area contributed by atoms with Crippen LogP contribution in [0.3, 0.4) is 0 Å². The molecule has 0 atom stereocenters. The Kier molecular flexibility index (Phi) is 6.92.